The van der Waals surface area contributed by atoms with Crippen molar-refractivity contribution in [2.24, 2.45) is 17.6 Å². The summed E-state index contributed by atoms with van der Waals surface area (Å²) in [7, 11) is 0. The lowest BCUT2D eigenvalue weighted by Gasteiger charge is -2.22. The van der Waals surface area contributed by atoms with E-state index in [2.05, 4.69) is 13.8 Å². The molecule has 1 rings (SSSR count). The highest BCUT2D eigenvalue weighted by Crippen LogP contribution is 2.21. The van der Waals surface area contributed by atoms with Crippen molar-refractivity contribution in [3.8, 4) is 5.75 Å². The first kappa shape index (κ1) is 25.7. The first-order valence-electron chi connectivity index (χ1n) is 9.68. The normalized spacial score (nSPS) is 11.6. The highest BCUT2D eigenvalue weighted by molar-refractivity contribution is 5.77. The number of benzene rings is 1. The van der Waals surface area contributed by atoms with Crippen LogP contribution in [-0.4, -0.2) is 11.5 Å². The van der Waals surface area contributed by atoms with Gasteiger partial charge in [-0.05, 0) is 50.8 Å². The first-order valence-corrected chi connectivity index (χ1v) is 9.68. The monoisotopic (exact) mass is 351 g/mol. The molecule has 1 unspecified atom stereocenters. The lowest BCUT2D eigenvalue weighted by molar-refractivity contribution is -0.123. The zero-order chi connectivity index (χ0) is 20.0. The van der Waals surface area contributed by atoms with E-state index in [0.29, 0.717) is 6.42 Å². The average molecular weight is 352 g/mol. The number of rotatable bonds is 6. The minimum atomic E-state index is -0.231. The molecule has 1 aromatic rings. The minimum Gasteiger partial charge on any atom is -0.488 e. The third kappa shape index (κ3) is 13.5. The second-order valence-electron chi connectivity index (χ2n) is 7.32. The molecule has 0 heterocycles. The maximum Gasteiger partial charge on any atom is 0.221 e. The number of hydrogen-bond donors (Lipinski definition) is 1. The Morgan fingerprint density at radius 2 is 1.48 bits per heavy atom. The Bertz CT molecular complexity index is 442. The summed E-state index contributed by atoms with van der Waals surface area (Å²) in [6.45, 7) is 18.5. The maximum atomic E-state index is 11.4. The van der Waals surface area contributed by atoms with Crippen LogP contribution in [0, 0.1) is 11.8 Å². The summed E-state index contributed by atoms with van der Waals surface area (Å²) in [4.78, 5) is 11.4. The maximum absolute atomic E-state index is 11.4. The van der Waals surface area contributed by atoms with Gasteiger partial charge in [0.05, 0.1) is 0 Å². The van der Waals surface area contributed by atoms with Gasteiger partial charge in [0.15, 0.2) is 0 Å². The Morgan fingerprint density at radius 1 is 1.04 bits per heavy atom. The van der Waals surface area contributed by atoms with E-state index >= 15 is 0 Å². The van der Waals surface area contributed by atoms with Crippen LogP contribution in [0.15, 0.2) is 24.3 Å². The van der Waals surface area contributed by atoms with E-state index in [1.807, 2.05) is 72.7 Å². The molecule has 3 heteroatoms. The summed E-state index contributed by atoms with van der Waals surface area (Å²) in [5.41, 5.74) is 6.35. The number of carbonyl (C=O) groups excluding carboxylic acids is 1. The van der Waals surface area contributed by atoms with Gasteiger partial charge in [-0.25, -0.2) is 0 Å². The summed E-state index contributed by atoms with van der Waals surface area (Å²) in [5.74, 6) is 0.749. The highest BCUT2D eigenvalue weighted by Gasteiger charge is 2.20. The van der Waals surface area contributed by atoms with Gasteiger partial charge in [0.1, 0.15) is 11.4 Å². The summed E-state index contributed by atoms with van der Waals surface area (Å²) in [6.07, 6.45) is 3.32. The van der Waals surface area contributed by atoms with Crippen LogP contribution < -0.4 is 10.5 Å². The molecule has 0 aliphatic carbocycles. The number of carbonyl (C=O) groups is 1. The highest BCUT2D eigenvalue weighted by atomic mass is 16.5. The molecule has 0 radical (unpaired) electrons. The smallest absolute Gasteiger partial charge is 0.221 e. The second-order valence-corrected chi connectivity index (χ2v) is 7.32. The fourth-order valence-corrected chi connectivity index (χ4v) is 1.97. The number of primary amides is 1. The number of unbranched alkanes of at least 4 members (excludes halogenated alkanes) is 1. The molecule has 1 atom stereocenters. The van der Waals surface area contributed by atoms with E-state index in [1.54, 1.807) is 0 Å². The average Bonchev–Trinajstić information content (AvgIpc) is 2.54. The van der Waals surface area contributed by atoms with Crippen LogP contribution in [0.5, 0.6) is 5.75 Å². The van der Waals surface area contributed by atoms with Gasteiger partial charge >= 0.3 is 0 Å². The van der Waals surface area contributed by atoms with Gasteiger partial charge in [-0.3, -0.25) is 4.79 Å². The van der Waals surface area contributed by atoms with E-state index in [1.165, 1.54) is 12.8 Å². The van der Waals surface area contributed by atoms with E-state index < -0.39 is 0 Å². The van der Waals surface area contributed by atoms with Gasteiger partial charge in [0.25, 0.3) is 0 Å². The zero-order valence-electron chi connectivity index (χ0n) is 18.0. The van der Waals surface area contributed by atoms with Crippen molar-refractivity contribution in [2.75, 3.05) is 0 Å². The Balaban J connectivity index is 0. The fraction of sp³-hybridized carbons (Fsp3) is 0.682. The van der Waals surface area contributed by atoms with Crippen LogP contribution >= 0.6 is 0 Å². The van der Waals surface area contributed by atoms with Gasteiger partial charge in [0, 0.05) is 5.92 Å². The van der Waals surface area contributed by atoms with Crippen molar-refractivity contribution >= 4 is 5.91 Å². The molecule has 1 aromatic carbocycles. The van der Waals surface area contributed by atoms with E-state index in [9.17, 15) is 4.79 Å². The molecular weight excluding hydrogens is 310 g/mol. The largest absolute Gasteiger partial charge is 0.488 e. The Hall–Kier alpha value is -1.51. The molecular formula is C22H41NO2. The van der Waals surface area contributed by atoms with Gasteiger partial charge in [-0.2, -0.15) is 0 Å². The summed E-state index contributed by atoms with van der Waals surface area (Å²) in [6, 6.07) is 7.89. The molecule has 0 aromatic heterocycles. The van der Waals surface area contributed by atoms with Crippen molar-refractivity contribution in [3.63, 3.8) is 0 Å². The molecule has 3 nitrogen and oxygen atoms in total. The van der Waals surface area contributed by atoms with Crippen LogP contribution in [0.4, 0.5) is 0 Å². The van der Waals surface area contributed by atoms with E-state index in [4.69, 9.17) is 10.5 Å². The third-order valence-corrected chi connectivity index (χ3v) is 3.47. The van der Waals surface area contributed by atoms with Crippen LogP contribution in [0.3, 0.4) is 0 Å². The van der Waals surface area contributed by atoms with Crippen LogP contribution in [-0.2, 0) is 11.2 Å². The lowest BCUT2D eigenvalue weighted by Crippen LogP contribution is -2.29. The number of hydrogen-bond acceptors (Lipinski definition) is 2. The number of ether oxygens (including phenoxy) is 1. The molecule has 2 N–H and O–H groups in total. The van der Waals surface area contributed by atoms with Crippen molar-refractivity contribution in [1.82, 2.24) is 0 Å². The minimum absolute atomic E-state index is 0.116. The predicted molar refractivity (Wildman–Crippen MR) is 110 cm³/mol. The molecule has 0 saturated carbocycles. The van der Waals surface area contributed by atoms with Crippen LogP contribution in [0.2, 0.25) is 0 Å². The van der Waals surface area contributed by atoms with E-state index in [0.717, 1.165) is 11.3 Å². The quantitative estimate of drug-likeness (QED) is 0.683. The standard InChI is InChI=1S/C16H25NO2.C4H10.C2H6/c1-11(2)14(15(17)18)10-12-6-8-13(9-7-12)19-16(3,4)5;1-3-4-2;1-2/h6-9,11,14H,10H2,1-5H3,(H2,17,18);3-4H2,1-2H3;1-2H3. The topological polar surface area (TPSA) is 52.3 Å². The van der Waals surface area contributed by atoms with Crippen molar-refractivity contribution in [3.05, 3.63) is 29.8 Å². The van der Waals surface area contributed by atoms with Gasteiger partial charge < -0.3 is 10.5 Å². The van der Waals surface area contributed by atoms with Crippen LogP contribution in [0.1, 0.15) is 80.7 Å². The summed E-state index contributed by atoms with van der Waals surface area (Å²) < 4.78 is 5.76. The summed E-state index contributed by atoms with van der Waals surface area (Å²) >= 11 is 0. The molecule has 0 bridgehead atoms. The molecule has 0 aliphatic rings. The second kappa shape index (κ2) is 13.7. The predicted octanol–water partition coefficient (Wildman–Crippen LogP) is 6.00. The summed E-state index contributed by atoms with van der Waals surface area (Å²) in [5, 5.41) is 0. The number of nitrogens with two attached hydrogens (primary N) is 1. The van der Waals surface area contributed by atoms with Crippen molar-refractivity contribution < 1.29 is 9.53 Å². The van der Waals surface area contributed by atoms with Crippen LogP contribution in [0.25, 0.3) is 0 Å². The van der Waals surface area contributed by atoms with Crippen molar-refractivity contribution in [2.45, 2.75) is 87.2 Å². The molecule has 1 amide bonds. The third-order valence-electron chi connectivity index (χ3n) is 3.47. The Kier molecular flexibility index (Phi) is 14.1. The van der Waals surface area contributed by atoms with Gasteiger partial charge in [-0.1, -0.05) is 66.5 Å². The molecule has 146 valence electrons. The Morgan fingerprint density at radius 3 is 1.76 bits per heavy atom. The van der Waals surface area contributed by atoms with Gasteiger partial charge in [0.2, 0.25) is 5.91 Å². The van der Waals surface area contributed by atoms with Crippen molar-refractivity contribution in [1.29, 1.82) is 0 Å². The Labute approximate surface area is 156 Å². The SMILES string of the molecule is CC.CC(C)C(Cc1ccc(OC(C)(C)C)cc1)C(N)=O.CCCC. The molecule has 25 heavy (non-hydrogen) atoms. The first-order chi connectivity index (χ1) is 11.6. The zero-order valence-corrected chi connectivity index (χ0v) is 18.0. The van der Waals surface area contributed by atoms with E-state index in [-0.39, 0.29) is 23.3 Å². The molecule has 0 spiro atoms. The van der Waals surface area contributed by atoms with Gasteiger partial charge in [-0.15, -0.1) is 0 Å². The lowest BCUT2D eigenvalue weighted by atomic mass is 9.89. The molecule has 0 aliphatic heterocycles. The fourth-order valence-electron chi connectivity index (χ4n) is 1.97. The molecule has 0 fully saturated rings. The number of amides is 1. The molecule has 0 saturated heterocycles.